The fourth-order valence-corrected chi connectivity index (χ4v) is 3.94. The number of amides is 1. The fourth-order valence-electron chi connectivity index (χ4n) is 3.94. The zero-order chi connectivity index (χ0) is 19.1. The van der Waals surface area contributed by atoms with Crippen molar-refractivity contribution >= 4 is 18.3 Å². The first-order valence-corrected chi connectivity index (χ1v) is 9.12. The molecule has 0 unspecified atom stereocenters. The first-order chi connectivity index (χ1) is 12.9. The van der Waals surface area contributed by atoms with Crippen molar-refractivity contribution in [1.29, 1.82) is 0 Å². The zero-order valence-corrected chi connectivity index (χ0v) is 16.0. The molecule has 0 bridgehead atoms. The molecule has 0 radical (unpaired) electrons. The van der Waals surface area contributed by atoms with E-state index >= 15 is 0 Å². The number of aromatic nitrogens is 2. The molecule has 0 saturated heterocycles. The second-order valence-corrected chi connectivity index (χ2v) is 7.35. The number of benzene rings is 1. The van der Waals surface area contributed by atoms with E-state index in [-0.39, 0.29) is 18.3 Å². The van der Waals surface area contributed by atoms with Crippen molar-refractivity contribution in [3.63, 3.8) is 0 Å². The Kier molecular flexibility index (Phi) is 5.72. The highest BCUT2D eigenvalue weighted by atomic mass is 35.5. The van der Waals surface area contributed by atoms with E-state index in [1.165, 1.54) is 12.1 Å². The Balaban J connectivity index is 0.00000225. The maximum Gasteiger partial charge on any atom is 0.416 e. The van der Waals surface area contributed by atoms with E-state index in [0.717, 1.165) is 49.6 Å². The largest absolute Gasteiger partial charge is 0.416 e. The molecule has 1 aromatic carbocycles. The third kappa shape index (κ3) is 3.75. The smallest absolute Gasteiger partial charge is 0.350 e. The van der Waals surface area contributed by atoms with Crippen molar-refractivity contribution < 1.29 is 18.0 Å². The van der Waals surface area contributed by atoms with Gasteiger partial charge in [0, 0.05) is 42.7 Å². The lowest BCUT2D eigenvalue weighted by atomic mass is 9.64. The molecular weight excluding hydrogens is 393 g/mol. The summed E-state index contributed by atoms with van der Waals surface area (Å²) in [5, 5.41) is 13.2. The highest BCUT2D eigenvalue weighted by molar-refractivity contribution is 5.94. The first kappa shape index (κ1) is 20.7. The fraction of sp³-hybridized carbons (Fsp3) is 0.474. The van der Waals surface area contributed by atoms with E-state index in [1.807, 2.05) is 0 Å². The Morgan fingerprint density at radius 1 is 1.29 bits per heavy atom. The topological polar surface area (TPSA) is 69.8 Å². The van der Waals surface area contributed by atoms with Gasteiger partial charge in [0.15, 0.2) is 5.69 Å². The summed E-state index contributed by atoms with van der Waals surface area (Å²) in [4.78, 5) is 12.6. The van der Waals surface area contributed by atoms with Gasteiger partial charge in [0.05, 0.1) is 5.56 Å². The first-order valence-electron chi connectivity index (χ1n) is 9.12. The second kappa shape index (κ2) is 7.75. The molecule has 1 aliphatic carbocycles. The molecule has 4 rings (SSSR count). The summed E-state index contributed by atoms with van der Waals surface area (Å²) < 4.78 is 39.2. The Morgan fingerprint density at radius 3 is 2.75 bits per heavy atom. The monoisotopic (exact) mass is 414 g/mol. The number of nitrogens with one attached hydrogen (secondary N) is 3. The van der Waals surface area contributed by atoms with Crippen molar-refractivity contribution in [3.8, 4) is 0 Å². The van der Waals surface area contributed by atoms with Crippen LogP contribution in [0, 0.1) is 0 Å². The van der Waals surface area contributed by atoms with Gasteiger partial charge in [0.25, 0.3) is 5.91 Å². The van der Waals surface area contributed by atoms with Gasteiger partial charge in [-0.15, -0.1) is 12.4 Å². The number of hydrogen-bond donors (Lipinski definition) is 3. The Morgan fingerprint density at radius 2 is 2.07 bits per heavy atom. The highest BCUT2D eigenvalue weighted by Crippen LogP contribution is 2.44. The number of alkyl halides is 3. The molecule has 9 heteroatoms. The summed E-state index contributed by atoms with van der Waals surface area (Å²) in [5.41, 5.74) is 1.76. The minimum absolute atomic E-state index is 0. The molecule has 1 aliphatic heterocycles. The number of carbonyl (C=O) groups excluding carboxylic acids is 1. The molecule has 1 amide bonds. The van der Waals surface area contributed by atoms with Gasteiger partial charge in [-0.2, -0.15) is 18.3 Å². The standard InChI is InChI=1S/C19H21F3N4O.ClH/c20-19(21,22)13-4-1-3-12(9-13)18(6-2-7-18)11-24-17(27)16-14-10-23-8-5-15(14)25-26-16;/h1,3-4,9,23H,2,5-8,10-11H2,(H,24,27)(H,25,26);1H. The molecular formula is C19H22ClF3N4O. The van der Waals surface area contributed by atoms with E-state index in [2.05, 4.69) is 20.8 Å². The molecule has 2 aromatic rings. The van der Waals surface area contributed by atoms with Crippen molar-refractivity contribution in [2.45, 2.75) is 43.8 Å². The van der Waals surface area contributed by atoms with Crippen LogP contribution in [0.3, 0.4) is 0 Å². The Hall–Kier alpha value is -2.06. The molecule has 1 fully saturated rings. The van der Waals surface area contributed by atoms with Crippen LogP contribution in [0.2, 0.25) is 0 Å². The van der Waals surface area contributed by atoms with E-state index < -0.39 is 17.2 Å². The van der Waals surface area contributed by atoms with E-state index in [4.69, 9.17) is 0 Å². The average molecular weight is 415 g/mol. The molecule has 0 atom stereocenters. The molecule has 0 spiro atoms. The predicted molar refractivity (Wildman–Crippen MR) is 101 cm³/mol. The van der Waals surface area contributed by atoms with Gasteiger partial charge in [-0.1, -0.05) is 24.6 Å². The van der Waals surface area contributed by atoms with Crippen LogP contribution < -0.4 is 10.6 Å². The SMILES string of the molecule is Cl.O=C(NCC1(c2cccc(C(F)(F)F)c2)CCC1)c1n[nH]c2c1CNCC2. The number of hydrogen-bond acceptors (Lipinski definition) is 3. The van der Waals surface area contributed by atoms with Gasteiger partial charge in [0.1, 0.15) is 0 Å². The van der Waals surface area contributed by atoms with Crippen LogP contribution in [0.1, 0.15) is 52.1 Å². The van der Waals surface area contributed by atoms with Crippen LogP contribution in [-0.4, -0.2) is 29.2 Å². The highest BCUT2D eigenvalue weighted by Gasteiger charge is 2.41. The number of fused-ring (bicyclic) bond motifs is 1. The van der Waals surface area contributed by atoms with Crippen molar-refractivity contribution in [3.05, 3.63) is 52.3 Å². The van der Waals surface area contributed by atoms with Crippen molar-refractivity contribution in [2.24, 2.45) is 0 Å². The molecule has 28 heavy (non-hydrogen) atoms. The third-order valence-electron chi connectivity index (χ3n) is 5.72. The average Bonchev–Trinajstić information content (AvgIpc) is 3.04. The molecule has 3 N–H and O–H groups in total. The van der Waals surface area contributed by atoms with Crippen LogP contribution in [0.25, 0.3) is 0 Å². The van der Waals surface area contributed by atoms with E-state index in [0.29, 0.717) is 24.3 Å². The second-order valence-electron chi connectivity index (χ2n) is 7.35. The summed E-state index contributed by atoms with van der Waals surface area (Å²) in [6.45, 7) is 1.74. The maximum absolute atomic E-state index is 13.1. The van der Waals surface area contributed by atoms with Gasteiger partial charge in [-0.05, 0) is 24.5 Å². The summed E-state index contributed by atoms with van der Waals surface area (Å²) in [5.74, 6) is -0.283. The number of rotatable bonds is 4. The van der Waals surface area contributed by atoms with Crippen LogP contribution in [-0.2, 0) is 24.6 Å². The molecule has 5 nitrogen and oxygen atoms in total. The lowest BCUT2D eigenvalue weighted by Gasteiger charge is -2.42. The normalized spacial score (nSPS) is 17.8. The van der Waals surface area contributed by atoms with Gasteiger partial charge in [0.2, 0.25) is 0 Å². The van der Waals surface area contributed by atoms with Gasteiger partial charge >= 0.3 is 6.18 Å². The van der Waals surface area contributed by atoms with E-state index in [9.17, 15) is 18.0 Å². The minimum atomic E-state index is -4.37. The summed E-state index contributed by atoms with van der Waals surface area (Å²) in [6, 6.07) is 5.46. The van der Waals surface area contributed by atoms with Crippen molar-refractivity contribution in [1.82, 2.24) is 20.8 Å². The molecule has 2 heterocycles. The summed E-state index contributed by atoms with van der Waals surface area (Å²) >= 11 is 0. The number of carbonyl (C=O) groups is 1. The molecule has 1 aromatic heterocycles. The Labute approximate surface area is 166 Å². The van der Waals surface area contributed by atoms with Gasteiger partial charge in [-0.25, -0.2) is 0 Å². The lowest BCUT2D eigenvalue weighted by Crippen LogP contribution is -2.46. The van der Waals surface area contributed by atoms with E-state index in [1.54, 1.807) is 6.07 Å². The Bertz CT molecular complexity index is 861. The van der Waals surface area contributed by atoms with Crippen LogP contribution in [0.4, 0.5) is 13.2 Å². The predicted octanol–water partition coefficient (Wildman–Crippen LogP) is 3.35. The third-order valence-corrected chi connectivity index (χ3v) is 5.72. The molecule has 1 saturated carbocycles. The number of nitrogens with zero attached hydrogens (tertiary/aromatic N) is 1. The summed E-state index contributed by atoms with van der Waals surface area (Å²) in [6.07, 6.45) is -1.12. The molecule has 2 aliphatic rings. The number of halogens is 4. The zero-order valence-electron chi connectivity index (χ0n) is 15.2. The molecule has 152 valence electrons. The van der Waals surface area contributed by atoms with Gasteiger partial charge in [-0.3, -0.25) is 9.89 Å². The summed E-state index contributed by atoms with van der Waals surface area (Å²) in [7, 11) is 0. The number of aromatic amines is 1. The van der Waals surface area contributed by atoms with Crippen LogP contribution in [0.15, 0.2) is 24.3 Å². The quantitative estimate of drug-likeness (QED) is 0.718. The van der Waals surface area contributed by atoms with Crippen LogP contribution >= 0.6 is 12.4 Å². The lowest BCUT2D eigenvalue weighted by molar-refractivity contribution is -0.137. The van der Waals surface area contributed by atoms with Crippen molar-refractivity contribution in [2.75, 3.05) is 13.1 Å². The maximum atomic E-state index is 13.1. The van der Waals surface area contributed by atoms with Gasteiger partial charge < -0.3 is 10.6 Å². The van der Waals surface area contributed by atoms with Crippen LogP contribution in [0.5, 0.6) is 0 Å². The minimum Gasteiger partial charge on any atom is -0.350 e. The number of H-pyrrole nitrogens is 1.